The van der Waals surface area contributed by atoms with Gasteiger partial charge in [0.25, 0.3) is 5.91 Å². The molecule has 1 heterocycles. The van der Waals surface area contributed by atoms with E-state index in [1.165, 1.54) is 4.90 Å². The SMILES string of the molecule is COCCN(CC(=O)Nc1ccc(N2CCN(C(=O)c3ccc(C)cc3)CC2)cc1)C(=O)NC(C)(C)C. The molecule has 4 amide bonds. The molecule has 3 rings (SSSR count). The van der Waals surface area contributed by atoms with Crippen LogP contribution >= 0.6 is 0 Å². The van der Waals surface area contributed by atoms with E-state index in [0.29, 0.717) is 31.9 Å². The maximum atomic E-state index is 12.8. The maximum Gasteiger partial charge on any atom is 0.318 e. The topological polar surface area (TPSA) is 94.2 Å². The molecule has 1 aliphatic rings. The summed E-state index contributed by atoms with van der Waals surface area (Å²) >= 11 is 0. The van der Waals surface area contributed by atoms with Crippen LogP contribution in [0.5, 0.6) is 0 Å². The van der Waals surface area contributed by atoms with E-state index in [-0.39, 0.29) is 24.4 Å². The minimum atomic E-state index is -0.409. The third kappa shape index (κ3) is 8.49. The average Bonchev–Trinajstić information content (AvgIpc) is 2.86. The minimum absolute atomic E-state index is 0.0634. The minimum Gasteiger partial charge on any atom is -0.383 e. The van der Waals surface area contributed by atoms with Crippen molar-refractivity contribution in [3.05, 3.63) is 59.7 Å². The van der Waals surface area contributed by atoms with Crippen LogP contribution in [0.3, 0.4) is 0 Å². The van der Waals surface area contributed by atoms with Crippen molar-refractivity contribution in [1.82, 2.24) is 15.1 Å². The summed E-state index contributed by atoms with van der Waals surface area (Å²) in [6.07, 6.45) is 0. The standard InChI is InChI=1S/C28H39N5O4/c1-21-6-8-22(9-7-21)26(35)32-16-14-31(15-17-32)24-12-10-23(11-13-24)29-25(34)20-33(18-19-37-5)27(36)30-28(2,3)4/h6-13H,14-20H2,1-5H3,(H,29,34)(H,30,36). The number of hydrogen-bond donors (Lipinski definition) is 2. The van der Waals surface area contributed by atoms with E-state index in [1.54, 1.807) is 7.11 Å². The second-order valence-electron chi connectivity index (χ2n) is 10.3. The number of hydrogen-bond acceptors (Lipinski definition) is 5. The Morgan fingerprint density at radius 1 is 0.946 bits per heavy atom. The highest BCUT2D eigenvalue weighted by Crippen LogP contribution is 2.20. The Bertz CT molecular complexity index is 1060. The molecule has 1 fully saturated rings. The number of rotatable bonds is 8. The molecular formula is C28H39N5O4. The van der Waals surface area contributed by atoms with Crippen LogP contribution in [0.2, 0.25) is 0 Å². The van der Waals surface area contributed by atoms with Crippen molar-refractivity contribution < 1.29 is 19.1 Å². The highest BCUT2D eigenvalue weighted by atomic mass is 16.5. The van der Waals surface area contributed by atoms with Crippen molar-refractivity contribution in [3.63, 3.8) is 0 Å². The van der Waals surface area contributed by atoms with E-state index in [1.807, 2.05) is 81.1 Å². The average molecular weight is 510 g/mol. The smallest absolute Gasteiger partial charge is 0.318 e. The Morgan fingerprint density at radius 3 is 2.14 bits per heavy atom. The van der Waals surface area contributed by atoms with Gasteiger partial charge in [-0.25, -0.2) is 4.79 Å². The van der Waals surface area contributed by atoms with Gasteiger partial charge in [0.15, 0.2) is 0 Å². The number of carbonyl (C=O) groups excluding carboxylic acids is 3. The molecule has 0 spiro atoms. The first-order chi connectivity index (χ1) is 17.6. The van der Waals surface area contributed by atoms with Gasteiger partial charge in [-0.05, 0) is 64.1 Å². The van der Waals surface area contributed by atoms with Gasteiger partial charge >= 0.3 is 6.03 Å². The molecule has 0 aliphatic carbocycles. The molecule has 0 unspecified atom stereocenters. The van der Waals surface area contributed by atoms with Crippen LogP contribution in [-0.2, 0) is 9.53 Å². The van der Waals surface area contributed by atoms with Gasteiger partial charge < -0.3 is 30.1 Å². The van der Waals surface area contributed by atoms with E-state index < -0.39 is 5.54 Å². The summed E-state index contributed by atoms with van der Waals surface area (Å²) in [4.78, 5) is 43.6. The number of urea groups is 1. The fourth-order valence-electron chi connectivity index (χ4n) is 4.03. The molecule has 37 heavy (non-hydrogen) atoms. The van der Waals surface area contributed by atoms with Gasteiger partial charge in [0.1, 0.15) is 6.54 Å². The third-order valence-electron chi connectivity index (χ3n) is 6.05. The summed E-state index contributed by atoms with van der Waals surface area (Å²) in [6.45, 7) is 11.0. The number of aryl methyl sites for hydroxylation is 1. The van der Waals surface area contributed by atoms with E-state index in [4.69, 9.17) is 4.74 Å². The molecule has 200 valence electrons. The molecule has 2 aromatic carbocycles. The maximum absolute atomic E-state index is 12.8. The number of nitrogens with zero attached hydrogens (tertiary/aromatic N) is 3. The number of amides is 4. The van der Waals surface area contributed by atoms with Crippen LogP contribution in [0, 0.1) is 6.92 Å². The van der Waals surface area contributed by atoms with Crippen molar-refractivity contribution in [2.24, 2.45) is 0 Å². The number of methoxy groups -OCH3 is 1. The van der Waals surface area contributed by atoms with E-state index in [9.17, 15) is 14.4 Å². The van der Waals surface area contributed by atoms with Crippen molar-refractivity contribution >= 4 is 29.2 Å². The third-order valence-corrected chi connectivity index (χ3v) is 6.05. The molecule has 0 atom stereocenters. The highest BCUT2D eigenvalue weighted by molar-refractivity contribution is 5.95. The summed E-state index contributed by atoms with van der Waals surface area (Å²) in [6, 6.07) is 15.0. The molecule has 0 bridgehead atoms. The van der Waals surface area contributed by atoms with Gasteiger partial charge in [-0.3, -0.25) is 9.59 Å². The van der Waals surface area contributed by atoms with E-state index >= 15 is 0 Å². The lowest BCUT2D eigenvalue weighted by Gasteiger charge is -2.36. The predicted molar refractivity (Wildman–Crippen MR) is 146 cm³/mol. The lowest BCUT2D eigenvalue weighted by Crippen LogP contribution is -2.51. The fraction of sp³-hybridized carbons (Fsp3) is 0.464. The molecule has 0 saturated carbocycles. The van der Waals surface area contributed by atoms with Gasteiger partial charge in [0, 0.05) is 62.3 Å². The number of piperazine rings is 1. The summed E-state index contributed by atoms with van der Waals surface area (Å²) < 4.78 is 5.09. The summed E-state index contributed by atoms with van der Waals surface area (Å²) in [5.41, 5.74) is 3.14. The van der Waals surface area contributed by atoms with Gasteiger partial charge in [-0.2, -0.15) is 0 Å². The zero-order valence-electron chi connectivity index (χ0n) is 22.5. The molecule has 0 aromatic heterocycles. The summed E-state index contributed by atoms with van der Waals surface area (Å²) in [5, 5.41) is 5.75. The Balaban J connectivity index is 1.52. The molecule has 9 heteroatoms. The largest absolute Gasteiger partial charge is 0.383 e. The van der Waals surface area contributed by atoms with Crippen LogP contribution in [0.15, 0.2) is 48.5 Å². The Kier molecular flexibility index (Phi) is 9.52. The molecule has 0 radical (unpaired) electrons. The monoisotopic (exact) mass is 509 g/mol. The quantitative estimate of drug-likeness (QED) is 0.569. The number of carbonyl (C=O) groups is 3. The van der Waals surface area contributed by atoms with Gasteiger partial charge in [-0.15, -0.1) is 0 Å². The number of anilines is 2. The number of benzene rings is 2. The van der Waals surface area contributed by atoms with Crippen LogP contribution in [-0.4, -0.2) is 86.2 Å². The van der Waals surface area contributed by atoms with Gasteiger partial charge in [-0.1, -0.05) is 17.7 Å². The molecule has 2 N–H and O–H groups in total. The van der Waals surface area contributed by atoms with Gasteiger partial charge in [0.05, 0.1) is 6.61 Å². The van der Waals surface area contributed by atoms with Crippen LogP contribution in [0.1, 0.15) is 36.7 Å². The Hall–Kier alpha value is -3.59. The van der Waals surface area contributed by atoms with E-state index in [0.717, 1.165) is 29.9 Å². The first-order valence-electron chi connectivity index (χ1n) is 12.6. The lowest BCUT2D eigenvalue weighted by molar-refractivity contribution is -0.116. The predicted octanol–water partition coefficient (Wildman–Crippen LogP) is 3.35. The van der Waals surface area contributed by atoms with Crippen molar-refractivity contribution in [3.8, 4) is 0 Å². The molecule has 9 nitrogen and oxygen atoms in total. The number of nitrogens with one attached hydrogen (secondary N) is 2. The first-order valence-corrected chi connectivity index (χ1v) is 12.6. The van der Waals surface area contributed by atoms with Crippen molar-refractivity contribution in [1.29, 1.82) is 0 Å². The molecule has 1 saturated heterocycles. The Labute approximate surface area is 219 Å². The first kappa shape index (κ1) is 28.0. The van der Waals surface area contributed by atoms with Crippen LogP contribution < -0.4 is 15.5 Å². The second kappa shape index (κ2) is 12.6. The van der Waals surface area contributed by atoms with Crippen molar-refractivity contribution in [2.45, 2.75) is 33.2 Å². The van der Waals surface area contributed by atoms with Crippen LogP contribution in [0.4, 0.5) is 16.2 Å². The zero-order valence-corrected chi connectivity index (χ0v) is 22.5. The van der Waals surface area contributed by atoms with Gasteiger partial charge in [0.2, 0.25) is 5.91 Å². The summed E-state index contributed by atoms with van der Waals surface area (Å²) in [5.74, 6) is -0.218. The molecule has 1 aliphatic heterocycles. The number of ether oxygens (including phenoxy) is 1. The molecule has 2 aromatic rings. The van der Waals surface area contributed by atoms with Crippen molar-refractivity contribution in [2.75, 3.05) is 63.2 Å². The Morgan fingerprint density at radius 2 is 1.57 bits per heavy atom. The lowest BCUT2D eigenvalue weighted by atomic mass is 10.1. The summed E-state index contributed by atoms with van der Waals surface area (Å²) in [7, 11) is 1.56. The zero-order chi connectivity index (χ0) is 27.0. The fourth-order valence-corrected chi connectivity index (χ4v) is 4.03. The second-order valence-corrected chi connectivity index (χ2v) is 10.3. The van der Waals surface area contributed by atoms with E-state index in [2.05, 4.69) is 15.5 Å². The highest BCUT2D eigenvalue weighted by Gasteiger charge is 2.23. The normalized spacial score (nSPS) is 13.8. The molecular weight excluding hydrogens is 470 g/mol. The van der Waals surface area contributed by atoms with Crippen LogP contribution in [0.25, 0.3) is 0 Å².